The second-order valence-electron chi connectivity index (χ2n) is 3.51. The molecule has 2 N–H and O–H groups in total. The van der Waals surface area contributed by atoms with Gasteiger partial charge in [-0.2, -0.15) is 0 Å². The third-order valence-electron chi connectivity index (χ3n) is 2.45. The first-order valence-corrected chi connectivity index (χ1v) is 5.21. The third kappa shape index (κ3) is 1.61. The molecule has 0 saturated carbocycles. The lowest BCUT2D eigenvalue weighted by Crippen LogP contribution is -2.11. The van der Waals surface area contributed by atoms with Gasteiger partial charge in [0.2, 0.25) is 0 Å². The standard InChI is InChI=1S/C10H15N5O/c1-4-16-7(3)15-6(2)14-8-9(11)12-5-13-10(8)15/h5,7H,4H2,1-3H3,(H2,11,12,13). The van der Waals surface area contributed by atoms with E-state index in [0.717, 1.165) is 5.82 Å². The summed E-state index contributed by atoms with van der Waals surface area (Å²) in [5.41, 5.74) is 7.09. The lowest BCUT2D eigenvalue weighted by atomic mass is 10.5. The molecule has 6 heteroatoms. The number of aryl methyl sites for hydroxylation is 1. The van der Waals surface area contributed by atoms with Crippen molar-refractivity contribution < 1.29 is 4.74 Å². The van der Waals surface area contributed by atoms with Gasteiger partial charge in [0.1, 0.15) is 18.4 Å². The first-order valence-electron chi connectivity index (χ1n) is 5.21. The minimum atomic E-state index is -0.107. The summed E-state index contributed by atoms with van der Waals surface area (Å²) in [4.78, 5) is 12.5. The zero-order valence-corrected chi connectivity index (χ0v) is 9.64. The zero-order valence-electron chi connectivity index (χ0n) is 9.64. The third-order valence-corrected chi connectivity index (χ3v) is 2.45. The highest BCUT2D eigenvalue weighted by molar-refractivity contribution is 5.81. The topological polar surface area (TPSA) is 78.9 Å². The van der Waals surface area contributed by atoms with Crippen molar-refractivity contribution in [3.05, 3.63) is 12.2 Å². The fourth-order valence-corrected chi connectivity index (χ4v) is 1.79. The zero-order chi connectivity index (χ0) is 11.7. The van der Waals surface area contributed by atoms with Gasteiger partial charge in [0.25, 0.3) is 0 Å². The number of fused-ring (bicyclic) bond motifs is 1. The van der Waals surface area contributed by atoms with Gasteiger partial charge in [-0.3, -0.25) is 4.57 Å². The van der Waals surface area contributed by atoms with Crippen molar-refractivity contribution in [2.24, 2.45) is 0 Å². The molecular weight excluding hydrogens is 206 g/mol. The van der Waals surface area contributed by atoms with Crippen LogP contribution in [0.3, 0.4) is 0 Å². The molecule has 0 aliphatic heterocycles. The molecule has 0 spiro atoms. The predicted octanol–water partition coefficient (Wildman–Crippen LogP) is 1.27. The molecule has 2 heterocycles. The predicted molar refractivity (Wildman–Crippen MR) is 60.8 cm³/mol. The van der Waals surface area contributed by atoms with Crippen molar-refractivity contribution in [3.63, 3.8) is 0 Å². The number of aromatic nitrogens is 4. The van der Waals surface area contributed by atoms with E-state index in [4.69, 9.17) is 10.5 Å². The summed E-state index contributed by atoms with van der Waals surface area (Å²) >= 11 is 0. The smallest absolute Gasteiger partial charge is 0.167 e. The molecule has 86 valence electrons. The highest BCUT2D eigenvalue weighted by atomic mass is 16.5. The number of anilines is 1. The number of nitrogen functional groups attached to an aromatic ring is 1. The molecule has 16 heavy (non-hydrogen) atoms. The highest BCUT2D eigenvalue weighted by Gasteiger charge is 2.16. The molecule has 1 atom stereocenters. The molecule has 2 rings (SSSR count). The maximum Gasteiger partial charge on any atom is 0.167 e. The van der Waals surface area contributed by atoms with Gasteiger partial charge in [-0.25, -0.2) is 15.0 Å². The lowest BCUT2D eigenvalue weighted by molar-refractivity contribution is 0.0259. The van der Waals surface area contributed by atoms with Crippen molar-refractivity contribution in [1.29, 1.82) is 0 Å². The van der Waals surface area contributed by atoms with E-state index in [1.54, 1.807) is 0 Å². The van der Waals surface area contributed by atoms with Crippen LogP contribution in [0.5, 0.6) is 0 Å². The molecule has 0 aliphatic carbocycles. The highest BCUT2D eigenvalue weighted by Crippen LogP contribution is 2.21. The van der Waals surface area contributed by atoms with E-state index in [9.17, 15) is 0 Å². The largest absolute Gasteiger partial charge is 0.382 e. The van der Waals surface area contributed by atoms with Crippen molar-refractivity contribution >= 4 is 17.0 Å². The van der Waals surface area contributed by atoms with Gasteiger partial charge in [0.15, 0.2) is 17.0 Å². The van der Waals surface area contributed by atoms with Crippen LogP contribution >= 0.6 is 0 Å². The Labute approximate surface area is 93.5 Å². The molecule has 0 radical (unpaired) electrons. The maximum absolute atomic E-state index is 5.74. The number of ether oxygens (including phenoxy) is 1. The summed E-state index contributed by atoms with van der Waals surface area (Å²) in [6, 6.07) is 0. The van der Waals surface area contributed by atoms with Crippen LogP contribution in [0.2, 0.25) is 0 Å². The molecule has 0 amide bonds. The average molecular weight is 221 g/mol. The Bertz CT molecular complexity index is 507. The molecule has 1 unspecified atom stereocenters. The summed E-state index contributed by atoms with van der Waals surface area (Å²) in [6.45, 7) is 6.45. The van der Waals surface area contributed by atoms with Crippen LogP contribution < -0.4 is 5.73 Å². The molecular formula is C10H15N5O. The minimum absolute atomic E-state index is 0.107. The van der Waals surface area contributed by atoms with E-state index < -0.39 is 0 Å². The monoisotopic (exact) mass is 221 g/mol. The van der Waals surface area contributed by atoms with Crippen LogP contribution in [0, 0.1) is 6.92 Å². The Morgan fingerprint density at radius 2 is 2.25 bits per heavy atom. The normalized spacial score (nSPS) is 13.2. The van der Waals surface area contributed by atoms with E-state index >= 15 is 0 Å². The number of nitrogens with zero attached hydrogens (tertiary/aromatic N) is 4. The summed E-state index contributed by atoms with van der Waals surface area (Å²) < 4.78 is 7.45. The number of hydrogen-bond acceptors (Lipinski definition) is 5. The lowest BCUT2D eigenvalue weighted by Gasteiger charge is -2.15. The van der Waals surface area contributed by atoms with Crippen LogP contribution in [0.1, 0.15) is 25.9 Å². The van der Waals surface area contributed by atoms with Crippen molar-refractivity contribution in [3.8, 4) is 0 Å². The number of imidazole rings is 1. The molecule has 2 aromatic rings. The van der Waals surface area contributed by atoms with Crippen LogP contribution in [-0.2, 0) is 4.74 Å². The fraction of sp³-hybridized carbons (Fsp3) is 0.500. The molecule has 0 aromatic carbocycles. The van der Waals surface area contributed by atoms with Crippen LogP contribution in [0.4, 0.5) is 5.82 Å². The summed E-state index contributed by atoms with van der Waals surface area (Å²) in [5.74, 6) is 1.22. The first-order chi connectivity index (χ1) is 7.65. The maximum atomic E-state index is 5.74. The van der Waals surface area contributed by atoms with Crippen LogP contribution in [0.25, 0.3) is 11.2 Å². The van der Waals surface area contributed by atoms with E-state index in [0.29, 0.717) is 23.6 Å². The van der Waals surface area contributed by atoms with Crippen molar-refractivity contribution in [2.45, 2.75) is 27.0 Å². The average Bonchev–Trinajstić information content (AvgIpc) is 2.56. The Hall–Kier alpha value is -1.69. The molecule has 2 aromatic heterocycles. The van der Waals surface area contributed by atoms with Crippen molar-refractivity contribution in [1.82, 2.24) is 19.5 Å². The van der Waals surface area contributed by atoms with Gasteiger partial charge < -0.3 is 10.5 Å². The summed E-state index contributed by atoms with van der Waals surface area (Å²) in [7, 11) is 0. The van der Waals surface area contributed by atoms with Gasteiger partial charge in [0.05, 0.1) is 0 Å². The summed E-state index contributed by atoms with van der Waals surface area (Å²) in [6.07, 6.45) is 1.33. The molecule has 0 fully saturated rings. The number of rotatable bonds is 3. The Morgan fingerprint density at radius 3 is 2.94 bits per heavy atom. The van der Waals surface area contributed by atoms with Crippen molar-refractivity contribution in [2.75, 3.05) is 12.3 Å². The quantitative estimate of drug-likeness (QED) is 0.844. The van der Waals surface area contributed by atoms with E-state index in [-0.39, 0.29) is 6.23 Å². The SMILES string of the molecule is CCOC(C)n1c(C)nc2c(N)ncnc21. The minimum Gasteiger partial charge on any atom is -0.382 e. The molecule has 0 saturated heterocycles. The Kier molecular flexibility index (Phi) is 2.74. The second-order valence-corrected chi connectivity index (χ2v) is 3.51. The molecule has 6 nitrogen and oxygen atoms in total. The second kappa shape index (κ2) is 4.05. The van der Waals surface area contributed by atoms with Gasteiger partial charge in [-0.05, 0) is 20.8 Å². The first kappa shape index (κ1) is 10.8. The van der Waals surface area contributed by atoms with E-state index in [2.05, 4.69) is 15.0 Å². The van der Waals surface area contributed by atoms with Crippen LogP contribution in [0.15, 0.2) is 6.33 Å². The van der Waals surface area contributed by atoms with Crippen LogP contribution in [-0.4, -0.2) is 26.1 Å². The van der Waals surface area contributed by atoms with E-state index in [1.807, 2.05) is 25.3 Å². The number of hydrogen-bond donors (Lipinski definition) is 1. The number of nitrogens with two attached hydrogens (primary N) is 1. The Balaban J connectivity index is 2.60. The Morgan fingerprint density at radius 1 is 1.50 bits per heavy atom. The van der Waals surface area contributed by atoms with Gasteiger partial charge in [0, 0.05) is 6.61 Å². The molecule has 0 aliphatic rings. The fourth-order valence-electron chi connectivity index (χ4n) is 1.79. The van der Waals surface area contributed by atoms with E-state index in [1.165, 1.54) is 6.33 Å². The van der Waals surface area contributed by atoms with Gasteiger partial charge >= 0.3 is 0 Å². The van der Waals surface area contributed by atoms with Gasteiger partial charge in [-0.1, -0.05) is 0 Å². The van der Waals surface area contributed by atoms with Gasteiger partial charge in [-0.15, -0.1) is 0 Å². The summed E-state index contributed by atoms with van der Waals surface area (Å²) in [5, 5.41) is 0. The molecule has 0 bridgehead atoms.